The number of amides is 1. The number of ketones is 2. The van der Waals surface area contributed by atoms with Crippen molar-refractivity contribution < 1.29 is 49.0 Å². The van der Waals surface area contributed by atoms with Crippen LogP contribution in [0.15, 0.2) is 23.3 Å². The number of rotatable bonds is 6. The molecule has 0 radical (unpaired) electrons. The summed E-state index contributed by atoms with van der Waals surface area (Å²) in [5, 5.41) is 48.9. The van der Waals surface area contributed by atoms with Crippen molar-refractivity contribution in [1.82, 2.24) is 5.43 Å². The Morgan fingerprint density at radius 3 is 2.56 bits per heavy atom. The van der Waals surface area contributed by atoms with E-state index in [1.54, 1.807) is 6.92 Å². The Labute approximate surface area is 234 Å². The smallest absolute Gasteiger partial charge is 0.227 e. The zero-order valence-corrected chi connectivity index (χ0v) is 22.6. The average Bonchev–Trinajstić information content (AvgIpc) is 2.94. The van der Waals surface area contributed by atoms with Gasteiger partial charge in [0.25, 0.3) is 0 Å². The van der Waals surface area contributed by atoms with Gasteiger partial charge in [0.15, 0.2) is 12.1 Å². The predicted octanol–water partition coefficient (Wildman–Crippen LogP) is 0.562. The zero-order chi connectivity index (χ0) is 29.8. The number of methoxy groups -OCH3 is 1. The number of hydrogen-bond acceptors (Lipinski definition) is 12. The maximum atomic E-state index is 13.7. The molecule has 0 bridgehead atoms. The fourth-order valence-electron chi connectivity index (χ4n) is 5.89. The molecule has 0 spiro atoms. The van der Waals surface area contributed by atoms with Crippen LogP contribution in [0.2, 0.25) is 0 Å². The molecule has 13 nitrogen and oxygen atoms in total. The number of carbonyl (C=O) groups is 3. The highest BCUT2D eigenvalue weighted by Gasteiger charge is 2.49. The van der Waals surface area contributed by atoms with Gasteiger partial charge in [0.05, 0.1) is 47.8 Å². The number of aromatic hydroxyl groups is 2. The number of aliphatic hydroxyl groups is 2. The van der Waals surface area contributed by atoms with Crippen LogP contribution in [0, 0.1) is 0 Å². The first-order chi connectivity index (χ1) is 19.4. The third kappa shape index (κ3) is 4.55. The Balaban J connectivity index is 1.69. The van der Waals surface area contributed by atoms with E-state index in [0.717, 1.165) is 0 Å². The highest BCUT2D eigenvalue weighted by molar-refractivity contribution is 6.31. The van der Waals surface area contributed by atoms with Gasteiger partial charge in [-0.1, -0.05) is 12.1 Å². The molecule has 2 aromatic carbocycles. The molecule has 41 heavy (non-hydrogen) atoms. The Bertz CT molecular complexity index is 1460. The Hall–Kier alpha value is -3.88. The molecule has 7 N–H and O–H groups in total. The molecule has 4 unspecified atom stereocenters. The molecule has 0 saturated carbocycles. The van der Waals surface area contributed by atoms with Gasteiger partial charge in [0.2, 0.25) is 12.2 Å². The van der Waals surface area contributed by atoms with Crippen molar-refractivity contribution in [2.24, 2.45) is 10.8 Å². The van der Waals surface area contributed by atoms with Crippen molar-refractivity contribution in [3.8, 4) is 17.2 Å². The Morgan fingerprint density at radius 1 is 1.20 bits per heavy atom. The van der Waals surface area contributed by atoms with Crippen LogP contribution in [0.5, 0.6) is 17.2 Å². The van der Waals surface area contributed by atoms with Gasteiger partial charge in [0.1, 0.15) is 22.8 Å². The highest BCUT2D eigenvalue weighted by Crippen LogP contribution is 2.52. The van der Waals surface area contributed by atoms with Crippen LogP contribution in [0.3, 0.4) is 0 Å². The molecule has 218 valence electrons. The molecular formula is C28H31N3O10. The normalized spacial score (nSPS) is 29.3. The van der Waals surface area contributed by atoms with Crippen LogP contribution in [-0.4, -0.2) is 81.4 Å². The number of phenols is 2. The van der Waals surface area contributed by atoms with E-state index in [1.165, 1.54) is 32.2 Å². The van der Waals surface area contributed by atoms with E-state index in [1.807, 2.05) is 0 Å². The monoisotopic (exact) mass is 569 g/mol. The molecule has 1 saturated heterocycles. The van der Waals surface area contributed by atoms with Crippen molar-refractivity contribution in [3.05, 3.63) is 51.6 Å². The number of ether oxygens (including phenoxy) is 3. The molecule has 0 aromatic heterocycles. The van der Waals surface area contributed by atoms with Crippen LogP contribution in [0.1, 0.15) is 75.8 Å². The predicted molar refractivity (Wildman–Crippen MR) is 142 cm³/mol. The summed E-state index contributed by atoms with van der Waals surface area (Å²) < 4.78 is 17.3. The molecule has 1 amide bonds. The van der Waals surface area contributed by atoms with Gasteiger partial charge < -0.3 is 40.4 Å². The average molecular weight is 570 g/mol. The van der Waals surface area contributed by atoms with Crippen LogP contribution in [0.4, 0.5) is 0 Å². The maximum Gasteiger partial charge on any atom is 0.227 e. The lowest BCUT2D eigenvalue weighted by Gasteiger charge is -2.42. The number of phenolic OH excluding ortho intramolecular Hbond substituents is 2. The first-order valence-electron chi connectivity index (χ1n) is 13.0. The number of hydrogen-bond donors (Lipinski definition) is 6. The first-order valence-corrected chi connectivity index (χ1v) is 13.0. The number of fused-ring (bicyclic) bond motifs is 3. The minimum atomic E-state index is -1.82. The molecular weight excluding hydrogens is 538 g/mol. The molecule has 1 heterocycles. The molecule has 3 aliphatic rings. The van der Waals surface area contributed by atoms with Gasteiger partial charge in [-0.25, -0.2) is 5.43 Å². The van der Waals surface area contributed by atoms with Crippen molar-refractivity contribution in [1.29, 1.82) is 0 Å². The summed E-state index contributed by atoms with van der Waals surface area (Å²) in [7, 11) is 1.34. The number of nitrogens with two attached hydrogens (primary N) is 1. The van der Waals surface area contributed by atoms with E-state index in [-0.39, 0.29) is 53.0 Å². The van der Waals surface area contributed by atoms with Gasteiger partial charge >= 0.3 is 0 Å². The minimum Gasteiger partial charge on any atom is -0.507 e. The van der Waals surface area contributed by atoms with E-state index in [9.17, 15) is 34.8 Å². The van der Waals surface area contributed by atoms with Gasteiger partial charge in [-0.05, 0) is 19.9 Å². The molecule has 6 atom stereocenters. The summed E-state index contributed by atoms with van der Waals surface area (Å²) in [4.78, 5) is 38.2. The highest BCUT2D eigenvalue weighted by atomic mass is 16.7. The van der Waals surface area contributed by atoms with E-state index < -0.39 is 70.4 Å². The first kappa shape index (κ1) is 28.6. The Morgan fingerprint density at radius 2 is 1.90 bits per heavy atom. The lowest BCUT2D eigenvalue weighted by atomic mass is 9.72. The van der Waals surface area contributed by atoms with Gasteiger partial charge in [-0.15, -0.1) is 0 Å². The molecule has 1 fully saturated rings. The summed E-state index contributed by atoms with van der Waals surface area (Å²) in [5.74, 6) is -2.52. The molecule has 1 aliphatic heterocycles. The maximum absolute atomic E-state index is 13.7. The largest absolute Gasteiger partial charge is 0.507 e. The number of carbonyl (C=O) groups excluding carboxylic acids is 3. The lowest BCUT2D eigenvalue weighted by molar-refractivity contribution is -0.245. The molecule has 2 aliphatic carbocycles. The third-order valence-corrected chi connectivity index (χ3v) is 8.10. The number of hydrazone groups is 1. The van der Waals surface area contributed by atoms with Crippen molar-refractivity contribution in [3.63, 3.8) is 0 Å². The summed E-state index contributed by atoms with van der Waals surface area (Å²) >= 11 is 0. The fraction of sp³-hybridized carbons (Fsp3) is 0.429. The molecule has 5 rings (SSSR count). The van der Waals surface area contributed by atoms with Gasteiger partial charge in [0, 0.05) is 42.0 Å². The molecule has 13 heteroatoms. The van der Waals surface area contributed by atoms with Crippen molar-refractivity contribution in [2.75, 3.05) is 7.11 Å². The number of benzene rings is 2. The van der Waals surface area contributed by atoms with Crippen LogP contribution in [0.25, 0.3) is 0 Å². The van der Waals surface area contributed by atoms with Gasteiger partial charge in [-0.2, -0.15) is 5.10 Å². The summed E-state index contributed by atoms with van der Waals surface area (Å²) in [5.41, 5.74) is 5.48. The summed E-state index contributed by atoms with van der Waals surface area (Å²) in [6.45, 7) is 3.07. The SMILES string of the molecule is COc1cccc2c1C(=O)c1c(O)c3c(c(O)c1C2=O)C[C@@](O)(/C(C)=N/NC=O)C[C@@H]3OC1CC(N)C(O)C(C)O1. The number of nitrogens with one attached hydrogen (secondary N) is 1. The van der Waals surface area contributed by atoms with E-state index in [4.69, 9.17) is 19.9 Å². The quantitative estimate of drug-likeness (QED) is 0.105. The second-order valence-corrected chi connectivity index (χ2v) is 10.5. The van der Waals surface area contributed by atoms with Gasteiger partial charge in [-0.3, -0.25) is 14.4 Å². The second kappa shape index (κ2) is 10.5. The van der Waals surface area contributed by atoms with E-state index >= 15 is 0 Å². The standard InChI is InChI=1S/C28H31N3O10/c1-11-23(33)15(29)7-18(40-11)41-17-9-28(38,12(2)31-30-10-32)8-14-20(17)27(37)22-21(25(14)35)24(34)13-5-4-6-16(39-3)19(13)26(22)36/h4-6,10-11,15,17-18,23,33,35,37-38H,7-9,29H2,1-3H3,(H,30,32)/b31-12+/t11?,15?,17-,18?,23?,28-/m0/s1. The topological polar surface area (TPSA) is 210 Å². The second-order valence-electron chi connectivity index (χ2n) is 10.5. The zero-order valence-electron chi connectivity index (χ0n) is 22.6. The summed E-state index contributed by atoms with van der Waals surface area (Å²) in [6.07, 6.45) is -4.04. The van der Waals surface area contributed by atoms with E-state index in [0.29, 0.717) is 6.41 Å². The minimum absolute atomic E-state index is 0.0135. The van der Waals surface area contributed by atoms with E-state index in [2.05, 4.69) is 10.5 Å². The van der Waals surface area contributed by atoms with Crippen molar-refractivity contribution in [2.45, 2.75) is 69.4 Å². The summed E-state index contributed by atoms with van der Waals surface area (Å²) in [6, 6.07) is 3.75. The van der Waals surface area contributed by atoms with Crippen LogP contribution in [-0.2, 0) is 20.7 Å². The van der Waals surface area contributed by atoms with Crippen LogP contribution >= 0.6 is 0 Å². The molecule has 2 aromatic rings. The third-order valence-electron chi connectivity index (χ3n) is 8.10. The van der Waals surface area contributed by atoms with Crippen LogP contribution < -0.4 is 15.9 Å². The number of nitrogens with zero attached hydrogens (tertiary/aromatic N) is 1. The Kier molecular flexibility index (Phi) is 7.34. The number of aliphatic hydroxyl groups excluding tert-OH is 1. The lowest BCUT2D eigenvalue weighted by Crippen LogP contribution is -2.52. The van der Waals surface area contributed by atoms with Crippen molar-refractivity contribution >= 4 is 23.7 Å². The fourth-order valence-corrected chi connectivity index (χ4v) is 5.89.